The minimum Gasteiger partial charge on any atom is -0.467 e. The summed E-state index contributed by atoms with van der Waals surface area (Å²) in [7, 11) is 1.37. The average Bonchev–Trinajstić information content (AvgIpc) is 2.34. The highest BCUT2D eigenvalue weighted by Gasteiger charge is 2.24. The maximum Gasteiger partial charge on any atom is 0.328 e. The van der Waals surface area contributed by atoms with Gasteiger partial charge in [-0.2, -0.15) is 0 Å². The molecular formula is C12H20N4O2. The minimum atomic E-state index is -0.449. The predicted octanol–water partition coefficient (Wildman–Crippen LogP) is 1.23. The third kappa shape index (κ3) is 3.09. The number of nitrogen functional groups attached to an aromatic ring is 1. The topological polar surface area (TPSA) is 90.1 Å². The molecule has 6 heteroatoms. The summed E-state index contributed by atoms with van der Waals surface area (Å²) in [5.74, 6) is 0.791. The number of anilines is 2. The van der Waals surface area contributed by atoms with Gasteiger partial charge < -0.3 is 15.8 Å². The molecule has 0 amide bonds. The highest BCUT2D eigenvalue weighted by atomic mass is 16.5. The lowest BCUT2D eigenvalue weighted by molar-refractivity contribution is -0.142. The lowest BCUT2D eigenvalue weighted by Gasteiger charge is -2.21. The summed E-state index contributed by atoms with van der Waals surface area (Å²) in [6, 6.07) is -0.449. The molecule has 1 aromatic heterocycles. The summed E-state index contributed by atoms with van der Waals surface area (Å²) in [5, 5.41) is 3.08. The van der Waals surface area contributed by atoms with E-state index in [1.807, 2.05) is 20.8 Å². The van der Waals surface area contributed by atoms with Crippen molar-refractivity contribution in [2.45, 2.75) is 33.2 Å². The number of hydrogen-bond acceptors (Lipinski definition) is 6. The van der Waals surface area contributed by atoms with Gasteiger partial charge >= 0.3 is 5.97 Å². The molecule has 0 saturated carbocycles. The van der Waals surface area contributed by atoms with Gasteiger partial charge in [0.2, 0.25) is 0 Å². The molecule has 1 heterocycles. The molecule has 1 rings (SSSR count). The van der Waals surface area contributed by atoms with Gasteiger partial charge in [-0.25, -0.2) is 14.8 Å². The van der Waals surface area contributed by atoms with Gasteiger partial charge in [-0.1, -0.05) is 20.8 Å². The monoisotopic (exact) mass is 252 g/mol. The molecule has 100 valence electrons. The summed E-state index contributed by atoms with van der Waals surface area (Å²) in [6.45, 7) is 5.83. The van der Waals surface area contributed by atoms with E-state index < -0.39 is 6.04 Å². The molecule has 3 N–H and O–H groups in total. The van der Waals surface area contributed by atoms with Gasteiger partial charge in [0.25, 0.3) is 0 Å². The summed E-state index contributed by atoms with van der Waals surface area (Å²) < 4.78 is 4.77. The van der Waals surface area contributed by atoms with Gasteiger partial charge in [0.15, 0.2) is 0 Å². The van der Waals surface area contributed by atoms with Gasteiger partial charge in [-0.3, -0.25) is 0 Å². The van der Waals surface area contributed by atoms with Crippen molar-refractivity contribution in [3.05, 3.63) is 11.9 Å². The zero-order chi connectivity index (χ0) is 13.7. The Bertz CT molecular complexity index is 421. The fourth-order valence-corrected chi connectivity index (χ4v) is 1.67. The van der Waals surface area contributed by atoms with E-state index >= 15 is 0 Å². The number of carbonyl (C=O) groups is 1. The van der Waals surface area contributed by atoms with Crippen LogP contribution < -0.4 is 11.1 Å². The van der Waals surface area contributed by atoms with Crippen LogP contribution in [-0.4, -0.2) is 29.1 Å². The molecule has 0 bridgehead atoms. The number of nitrogens with one attached hydrogen (secondary N) is 1. The number of hydrogen-bond donors (Lipinski definition) is 2. The van der Waals surface area contributed by atoms with E-state index in [1.54, 1.807) is 0 Å². The fourth-order valence-electron chi connectivity index (χ4n) is 1.67. The third-order valence-electron chi connectivity index (χ3n) is 2.75. The van der Waals surface area contributed by atoms with Gasteiger partial charge in [0, 0.05) is 5.56 Å². The molecule has 0 fully saturated rings. The van der Waals surface area contributed by atoms with Gasteiger partial charge in [0.1, 0.15) is 24.0 Å². The van der Waals surface area contributed by atoms with Crippen LogP contribution in [0.4, 0.5) is 11.6 Å². The number of nitrogens with zero attached hydrogens (tertiary/aromatic N) is 2. The molecule has 1 atom stereocenters. The third-order valence-corrected chi connectivity index (χ3v) is 2.75. The Morgan fingerprint density at radius 2 is 2.17 bits per heavy atom. The number of nitrogens with two attached hydrogens (primary N) is 1. The summed E-state index contributed by atoms with van der Waals surface area (Å²) in [4.78, 5) is 19.8. The van der Waals surface area contributed by atoms with E-state index in [4.69, 9.17) is 10.5 Å². The number of methoxy groups -OCH3 is 1. The fraction of sp³-hybridized carbons (Fsp3) is 0.583. The molecule has 18 heavy (non-hydrogen) atoms. The zero-order valence-electron chi connectivity index (χ0n) is 11.2. The first-order valence-electron chi connectivity index (χ1n) is 5.94. The van der Waals surface area contributed by atoms with Gasteiger partial charge in [-0.15, -0.1) is 0 Å². The molecule has 1 unspecified atom stereocenters. The van der Waals surface area contributed by atoms with Crippen molar-refractivity contribution in [3.63, 3.8) is 0 Å². The molecule has 0 aliphatic carbocycles. The Morgan fingerprint density at radius 1 is 1.50 bits per heavy atom. The number of esters is 1. The SMILES string of the molecule is CCc1c(N)ncnc1NC(C(=O)OC)C(C)C. The van der Waals surface area contributed by atoms with Crippen molar-refractivity contribution < 1.29 is 9.53 Å². The van der Waals surface area contributed by atoms with Crippen LogP contribution in [0.1, 0.15) is 26.3 Å². The second-order valence-electron chi connectivity index (χ2n) is 4.33. The Morgan fingerprint density at radius 3 is 2.67 bits per heavy atom. The first-order chi connectivity index (χ1) is 8.51. The highest BCUT2D eigenvalue weighted by Crippen LogP contribution is 2.20. The van der Waals surface area contributed by atoms with Crippen molar-refractivity contribution >= 4 is 17.6 Å². The highest BCUT2D eigenvalue weighted by molar-refractivity contribution is 5.79. The Kier molecular flexibility index (Phi) is 4.88. The standard InChI is InChI=1S/C12H20N4O2/c1-5-8-10(13)14-6-15-11(8)16-9(7(2)3)12(17)18-4/h6-7,9H,5H2,1-4H3,(H3,13,14,15,16). The van der Waals surface area contributed by atoms with Crippen LogP contribution in [0.15, 0.2) is 6.33 Å². The maximum atomic E-state index is 11.7. The van der Waals surface area contributed by atoms with E-state index in [9.17, 15) is 4.79 Å². The second kappa shape index (κ2) is 6.18. The average molecular weight is 252 g/mol. The Balaban J connectivity index is 3.01. The summed E-state index contributed by atoms with van der Waals surface area (Å²) in [6.07, 6.45) is 2.08. The Labute approximate surface area is 107 Å². The van der Waals surface area contributed by atoms with Crippen molar-refractivity contribution in [2.75, 3.05) is 18.2 Å². The van der Waals surface area contributed by atoms with Crippen LogP contribution in [-0.2, 0) is 16.0 Å². The second-order valence-corrected chi connectivity index (χ2v) is 4.33. The predicted molar refractivity (Wildman–Crippen MR) is 70.1 cm³/mol. The van der Waals surface area contributed by atoms with E-state index in [1.165, 1.54) is 13.4 Å². The largest absolute Gasteiger partial charge is 0.467 e. The minimum absolute atomic E-state index is 0.0818. The first kappa shape index (κ1) is 14.2. The lowest BCUT2D eigenvalue weighted by Crippen LogP contribution is -2.36. The molecule has 1 aromatic rings. The number of rotatable bonds is 5. The molecule has 0 radical (unpaired) electrons. The lowest BCUT2D eigenvalue weighted by atomic mass is 10.0. The molecular weight excluding hydrogens is 232 g/mol. The summed E-state index contributed by atoms with van der Waals surface area (Å²) >= 11 is 0. The van der Waals surface area contributed by atoms with E-state index in [0.29, 0.717) is 18.1 Å². The molecule has 0 spiro atoms. The van der Waals surface area contributed by atoms with Crippen LogP contribution in [0.5, 0.6) is 0 Å². The maximum absolute atomic E-state index is 11.7. The number of carbonyl (C=O) groups excluding carboxylic acids is 1. The first-order valence-corrected chi connectivity index (χ1v) is 5.94. The summed E-state index contributed by atoms with van der Waals surface area (Å²) in [5.41, 5.74) is 6.60. The van der Waals surface area contributed by atoms with Crippen LogP contribution in [0.3, 0.4) is 0 Å². The molecule has 6 nitrogen and oxygen atoms in total. The van der Waals surface area contributed by atoms with E-state index in [0.717, 1.165) is 5.56 Å². The number of aromatic nitrogens is 2. The van der Waals surface area contributed by atoms with Crippen LogP contribution in [0, 0.1) is 5.92 Å². The van der Waals surface area contributed by atoms with Crippen molar-refractivity contribution in [2.24, 2.45) is 5.92 Å². The molecule has 0 aliphatic rings. The zero-order valence-corrected chi connectivity index (χ0v) is 11.2. The number of ether oxygens (including phenoxy) is 1. The van der Waals surface area contributed by atoms with Crippen LogP contribution in [0.2, 0.25) is 0 Å². The molecule has 0 aromatic carbocycles. The molecule has 0 aliphatic heterocycles. The normalized spacial score (nSPS) is 12.3. The van der Waals surface area contributed by atoms with Crippen molar-refractivity contribution in [1.82, 2.24) is 9.97 Å². The van der Waals surface area contributed by atoms with Gasteiger partial charge in [-0.05, 0) is 12.3 Å². The quantitative estimate of drug-likeness (QED) is 0.766. The van der Waals surface area contributed by atoms with Crippen molar-refractivity contribution in [3.8, 4) is 0 Å². The van der Waals surface area contributed by atoms with E-state index in [-0.39, 0.29) is 11.9 Å². The van der Waals surface area contributed by atoms with E-state index in [2.05, 4.69) is 15.3 Å². The van der Waals surface area contributed by atoms with Crippen molar-refractivity contribution in [1.29, 1.82) is 0 Å². The van der Waals surface area contributed by atoms with Gasteiger partial charge in [0.05, 0.1) is 7.11 Å². The van der Waals surface area contributed by atoms with Crippen LogP contribution >= 0.6 is 0 Å². The van der Waals surface area contributed by atoms with Crippen LogP contribution in [0.25, 0.3) is 0 Å². The Hall–Kier alpha value is -1.85. The molecule has 0 saturated heterocycles. The smallest absolute Gasteiger partial charge is 0.328 e.